The first-order valence-corrected chi connectivity index (χ1v) is 9.31. The third-order valence-electron chi connectivity index (χ3n) is 4.31. The van der Waals surface area contributed by atoms with Crippen molar-refractivity contribution in [1.82, 2.24) is 4.90 Å². The summed E-state index contributed by atoms with van der Waals surface area (Å²) < 4.78 is 41.5. The summed E-state index contributed by atoms with van der Waals surface area (Å²) in [4.78, 5) is 38.0. The number of hydrogen-bond donors (Lipinski definition) is 2. The lowest BCUT2D eigenvalue weighted by atomic mass is 10.0. The summed E-state index contributed by atoms with van der Waals surface area (Å²) in [5.41, 5.74) is 0.930. The Kier molecular flexibility index (Phi) is 6.33. The number of carbonyl (C=O) groups is 3. The minimum Gasteiger partial charge on any atom is -0.406 e. The quantitative estimate of drug-likeness (QED) is 0.498. The number of benzene rings is 2. The van der Waals surface area contributed by atoms with Crippen LogP contribution >= 0.6 is 0 Å². The van der Waals surface area contributed by atoms with Gasteiger partial charge in [-0.2, -0.15) is 0 Å². The Morgan fingerprint density at radius 3 is 2.38 bits per heavy atom. The first-order valence-electron chi connectivity index (χ1n) is 9.31. The van der Waals surface area contributed by atoms with Crippen LogP contribution in [0.2, 0.25) is 0 Å². The van der Waals surface area contributed by atoms with Crippen LogP contribution in [0.3, 0.4) is 0 Å². The van der Waals surface area contributed by atoms with Gasteiger partial charge in [0.1, 0.15) is 11.4 Å². The fraction of sp³-hybridized carbons (Fsp3) is 0.136. The summed E-state index contributed by atoms with van der Waals surface area (Å²) in [5.74, 6) is -2.00. The Morgan fingerprint density at radius 2 is 1.78 bits per heavy atom. The maximum atomic E-state index is 12.9. The van der Waals surface area contributed by atoms with Gasteiger partial charge in [0.05, 0.1) is 5.57 Å². The molecule has 0 unspecified atom stereocenters. The Morgan fingerprint density at radius 1 is 1.09 bits per heavy atom. The van der Waals surface area contributed by atoms with E-state index in [1.807, 2.05) is 0 Å². The van der Waals surface area contributed by atoms with Gasteiger partial charge in [-0.15, -0.1) is 19.8 Å². The first kappa shape index (κ1) is 22.6. The largest absolute Gasteiger partial charge is 0.573 e. The molecule has 0 saturated heterocycles. The zero-order valence-corrected chi connectivity index (χ0v) is 16.8. The summed E-state index contributed by atoms with van der Waals surface area (Å²) in [6.45, 7) is 4.84. The van der Waals surface area contributed by atoms with Gasteiger partial charge in [0.15, 0.2) is 0 Å². The molecule has 2 aromatic carbocycles. The van der Waals surface area contributed by atoms with Gasteiger partial charge in [-0.25, -0.2) is 0 Å². The third-order valence-corrected chi connectivity index (χ3v) is 4.31. The molecule has 0 radical (unpaired) electrons. The number of nitrogens with zero attached hydrogens (tertiary/aromatic N) is 1. The van der Waals surface area contributed by atoms with Crippen LogP contribution in [0.25, 0.3) is 5.57 Å². The molecule has 166 valence electrons. The van der Waals surface area contributed by atoms with E-state index in [2.05, 4.69) is 21.9 Å². The molecule has 0 aromatic heterocycles. The molecule has 3 rings (SSSR count). The molecule has 2 aromatic rings. The molecule has 0 saturated carbocycles. The summed E-state index contributed by atoms with van der Waals surface area (Å²) in [7, 11) is 0. The molecule has 0 bridgehead atoms. The summed E-state index contributed by atoms with van der Waals surface area (Å²) in [6, 6.07) is 11.1. The van der Waals surface area contributed by atoms with Crippen molar-refractivity contribution < 1.29 is 32.3 Å². The van der Waals surface area contributed by atoms with Gasteiger partial charge in [0, 0.05) is 30.9 Å². The molecule has 0 atom stereocenters. The summed E-state index contributed by atoms with van der Waals surface area (Å²) in [6.07, 6.45) is -3.49. The summed E-state index contributed by atoms with van der Waals surface area (Å²) >= 11 is 0. The maximum Gasteiger partial charge on any atom is 0.573 e. The number of rotatable bonds is 7. The van der Waals surface area contributed by atoms with Crippen molar-refractivity contribution in [3.05, 3.63) is 72.4 Å². The van der Waals surface area contributed by atoms with E-state index >= 15 is 0 Å². The van der Waals surface area contributed by atoms with Crippen LogP contribution in [0.4, 0.5) is 24.5 Å². The number of hydrogen-bond acceptors (Lipinski definition) is 5. The smallest absolute Gasteiger partial charge is 0.406 e. The number of nitrogens with one attached hydrogen (secondary N) is 2. The first-order chi connectivity index (χ1) is 15.1. The van der Waals surface area contributed by atoms with Gasteiger partial charge < -0.3 is 15.4 Å². The highest BCUT2D eigenvalue weighted by molar-refractivity contribution is 6.36. The molecule has 1 heterocycles. The fourth-order valence-electron chi connectivity index (χ4n) is 3.09. The SMILES string of the molecule is C=CCN1C(=O)C(Nc2cccc(OC(F)(F)F)c2)=C(c2ccc(NC(C)=O)cc2)C1=O. The van der Waals surface area contributed by atoms with Crippen LogP contribution in [-0.2, 0) is 14.4 Å². The van der Waals surface area contributed by atoms with Crippen LogP contribution in [0.5, 0.6) is 5.75 Å². The van der Waals surface area contributed by atoms with E-state index < -0.39 is 23.9 Å². The van der Waals surface area contributed by atoms with Crippen LogP contribution in [0.1, 0.15) is 12.5 Å². The number of anilines is 2. The monoisotopic (exact) mass is 445 g/mol. The van der Waals surface area contributed by atoms with E-state index in [0.717, 1.165) is 17.0 Å². The third kappa shape index (κ3) is 5.15. The Balaban J connectivity index is 2.00. The van der Waals surface area contributed by atoms with Gasteiger partial charge in [-0.05, 0) is 29.8 Å². The van der Waals surface area contributed by atoms with E-state index in [1.54, 1.807) is 24.3 Å². The standard InChI is InChI=1S/C22H18F3N3O4/c1-3-11-28-20(30)18(14-7-9-15(10-8-14)26-13(2)29)19(21(28)31)27-16-5-4-6-17(12-16)32-22(23,24)25/h3-10,12,27H,1,11H2,2H3,(H,26,29). The Bertz CT molecular complexity index is 1110. The predicted molar refractivity (Wildman–Crippen MR) is 111 cm³/mol. The highest BCUT2D eigenvalue weighted by atomic mass is 19.4. The lowest BCUT2D eigenvalue weighted by Gasteiger charge is -2.13. The highest BCUT2D eigenvalue weighted by Crippen LogP contribution is 2.32. The van der Waals surface area contributed by atoms with Crippen molar-refractivity contribution in [3.8, 4) is 5.75 Å². The number of amides is 3. The Labute approximate surface area is 181 Å². The molecule has 7 nitrogen and oxygen atoms in total. The van der Waals surface area contributed by atoms with Gasteiger partial charge in [0.2, 0.25) is 5.91 Å². The second-order valence-electron chi connectivity index (χ2n) is 6.72. The van der Waals surface area contributed by atoms with E-state index in [4.69, 9.17) is 0 Å². The minimum absolute atomic E-state index is 0.0355. The van der Waals surface area contributed by atoms with Gasteiger partial charge in [-0.3, -0.25) is 19.3 Å². The van der Waals surface area contributed by atoms with E-state index in [0.29, 0.717) is 11.3 Å². The molecule has 0 aliphatic carbocycles. The van der Waals surface area contributed by atoms with Crippen LogP contribution in [0.15, 0.2) is 66.9 Å². The van der Waals surface area contributed by atoms with Crippen molar-refractivity contribution >= 4 is 34.7 Å². The van der Waals surface area contributed by atoms with Gasteiger partial charge >= 0.3 is 6.36 Å². The van der Waals surface area contributed by atoms with Crippen LogP contribution in [0, 0.1) is 0 Å². The molecule has 3 amide bonds. The molecule has 1 aliphatic rings. The average molecular weight is 445 g/mol. The number of halogens is 3. The number of alkyl halides is 3. The molecule has 1 aliphatic heterocycles. The number of imide groups is 1. The lowest BCUT2D eigenvalue weighted by Crippen LogP contribution is -2.32. The summed E-state index contributed by atoms with van der Waals surface area (Å²) in [5, 5.41) is 5.34. The zero-order chi connectivity index (χ0) is 23.5. The molecule has 32 heavy (non-hydrogen) atoms. The van der Waals surface area contributed by atoms with Crippen molar-refractivity contribution in [2.75, 3.05) is 17.2 Å². The Hall–Kier alpha value is -4.08. The van der Waals surface area contributed by atoms with Gasteiger partial charge in [-0.1, -0.05) is 24.3 Å². The van der Waals surface area contributed by atoms with Crippen LogP contribution < -0.4 is 15.4 Å². The maximum absolute atomic E-state index is 12.9. The topological polar surface area (TPSA) is 87.7 Å². The second-order valence-corrected chi connectivity index (χ2v) is 6.72. The number of carbonyl (C=O) groups excluding carboxylic acids is 3. The average Bonchev–Trinajstić information content (AvgIpc) is 2.92. The van der Waals surface area contributed by atoms with Crippen LogP contribution in [-0.4, -0.2) is 35.5 Å². The molecule has 0 spiro atoms. The second kappa shape index (κ2) is 8.96. The molecule has 2 N–H and O–H groups in total. The van der Waals surface area contributed by atoms with E-state index in [9.17, 15) is 27.6 Å². The lowest BCUT2D eigenvalue weighted by molar-refractivity contribution is -0.274. The van der Waals surface area contributed by atoms with Crippen molar-refractivity contribution in [2.45, 2.75) is 13.3 Å². The fourth-order valence-corrected chi connectivity index (χ4v) is 3.09. The number of ether oxygens (including phenoxy) is 1. The van der Waals surface area contributed by atoms with Gasteiger partial charge in [0.25, 0.3) is 11.8 Å². The van der Waals surface area contributed by atoms with E-state index in [1.165, 1.54) is 25.1 Å². The molecular weight excluding hydrogens is 427 g/mol. The molecule has 0 fully saturated rings. The molecular formula is C22H18F3N3O4. The highest BCUT2D eigenvalue weighted by Gasteiger charge is 2.38. The van der Waals surface area contributed by atoms with E-state index in [-0.39, 0.29) is 29.4 Å². The molecule has 10 heteroatoms. The van der Waals surface area contributed by atoms with Crippen molar-refractivity contribution in [1.29, 1.82) is 0 Å². The van der Waals surface area contributed by atoms with Crippen molar-refractivity contribution in [2.24, 2.45) is 0 Å². The predicted octanol–water partition coefficient (Wildman–Crippen LogP) is 3.92. The minimum atomic E-state index is -4.88. The normalized spacial score (nSPS) is 13.9. The zero-order valence-electron chi connectivity index (χ0n) is 16.8. The van der Waals surface area contributed by atoms with Crippen molar-refractivity contribution in [3.63, 3.8) is 0 Å².